The number of esters is 1. The van der Waals surface area contributed by atoms with E-state index in [9.17, 15) is 14.7 Å². The van der Waals surface area contributed by atoms with E-state index < -0.39 is 17.9 Å². The molecule has 0 heterocycles. The molecule has 1 unspecified atom stereocenters. The fraction of sp³-hybridized carbons (Fsp3) is 0.800. The van der Waals surface area contributed by atoms with E-state index in [1.165, 1.54) is 71.8 Å². The Balaban J connectivity index is 3.77. The second-order valence-electron chi connectivity index (χ2n) is 6.49. The molecule has 0 bridgehead atoms. The van der Waals surface area contributed by atoms with E-state index in [1.807, 2.05) is 0 Å². The molecule has 0 aliphatic rings. The van der Waals surface area contributed by atoms with Crippen LogP contribution in [0.5, 0.6) is 0 Å². The van der Waals surface area contributed by atoms with Crippen LogP contribution in [0.1, 0.15) is 90.9 Å². The lowest BCUT2D eigenvalue weighted by atomic mass is 10.0. The van der Waals surface area contributed by atoms with Crippen LogP contribution in [-0.2, 0) is 14.3 Å². The third-order valence-corrected chi connectivity index (χ3v) is 4.27. The van der Waals surface area contributed by atoms with Gasteiger partial charge in [0.25, 0.3) is 0 Å². The van der Waals surface area contributed by atoms with Gasteiger partial charge in [-0.05, 0) is 19.8 Å². The molecule has 0 aromatic carbocycles. The standard InChI is InChI=1S/C20H36O4/c1-4-5-6-7-8-9-10-11-12-13-14-15-16-18(20(23)24-3)19(22)17(2)21/h16,19,22H,4-15H2,1-3H3/b18-16-. The number of rotatable bonds is 15. The molecule has 0 aliphatic heterocycles. The molecule has 24 heavy (non-hydrogen) atoms. The predicted molar refractivity (Wildman–Crippen MR) is 97.9 cm³/mol. The van der Waals surface area contributed by atoms with Gasteiger partial charge < -0.3 is 9.84 Å². The van der Waals surface area contributed by atoms with Gasteiger partial charge in [0.1, 0.15) is 6.10 Å². The molecule has 4 heteroatoms. The van der Waals surface area contributed by atoms with Crippen molar-refractivity contribution in [3.8, 4) is 0 Å². The zero-order valence-electron chi connectivity index (χ0n) is 15.8. The molecule has 0 spiro atoms. The minimum Gasteiger partial charge on any atom is -0.466 e. The topological polar surface area (TPSA) is 63.6 Å². The molecule has 0 radical (unpaired) electrons. The van der Waals surface area contributed by atoms with Gasteiger partial charge in [0, 0.05) is 0 Å². The van der Waals surface area contributed by atoms with Crippen molar-refractivity contribution in [2.24, 2.45) is 0 Å². The van der Waals surface area contributed by atoms with Crippen LogP contribution >= 0.6 is 0 Å². The third kappa shape index (κ3) is 11.4. The zero-order valence-corrected chi connectivity index (χ0v) is 15.8. The maximum atomic E-state index is 11.6. The number of methoxy groups -OCH3 is 1. The molecule has 1 N–H and O–H groups in total. The Labute approximate surface area is 147 Å². The molecule has 0 aromatic heterocycles. The van der Waals surface area contributed by atoms with Gasteiger partial charge in [-0.1, -0.05) is 77.2 Å². The minimum atomic E-state index is -1.37. The summed E-state index contributed by atoms with van der Waals surface area (Å²) in [4.78, 5) is 22.8. The number of ether oxygens (including phenoxy) is 1. The smallest absolute Gasteiger partial charge is 0.336 e. The number of Topliss-reactive ketones (excluding diaryl/α,β-unsaturated/α-hetero) is 1. The number of unbranched alkanes of at least 4 members (excludes halogenated alkanes) is 11. The summed E-state index contributed by atoms with van der Waals surface area (Å²) in [6, 6.07) is 0. The molecular formula is C20H36O4. The van der Waals surface area contributed by atoms with Gasteiger partial charge in [0.05, 0.1) is 12.7 Å². The van der Waals surface area contributed by atoms with Crippen LogP contribution in [0.25, 0.3) is 0 Å². The van der Waals surface area contributed by atoms with Gasteiger partial charge in [0.15, 0.2) is 5.78 Å². The quantitative estimate of drug-likeness (QED) is 0.266. The molecule has 0 saturated heterocycles. The minimum absolute atomic E-state index is 0.0667. The Morgan fingerprint density at radius 3 is 1.79 bits per heavy atom. The summed E-state index contributed by atoms with van der Waals surface area (Å²) in [5.41, 5.74) is 0.0667. The lowest BCUT2D eigenvalue weighted by molar-refractivity contribution is -0.139. The van der Waals surface area contributed by atoms with E-state index in [0.717, 1.165) is 12.8 Å². The largest absolute Gasteiger partial charge is 0.466 e. The first-order valence-electron chi connectivity index (χ1n) is 9.51. The van der Waals surface area contributed by atoms with Crippen LogP contribution < -0.4 is 0 Å². The molecule has 0 saturated carbocycles. The first-order chi connectivity index (χ1) is 11.5. The Morgan fingerprint density at radius 2 is 1.38 bits per heavy atom. The molecule has 0 fully saturated rings. The molecule has 0 amide bonds. The molecule has 0 rings (SSSR count). The number of aliphatic hydroxyl groups is 1. The predicted octanol–water partition coefficient (Wildman–Crippen LogP) is 4.74. The van der Waals surface area contributed by atoms with E-state index in [1.54, 1.807) is 6.08 Å². The fourth-order valence-corrected chi connectivity index (χ4v) is 2.71. The van der Waals surface area contributed by atoms with Gasteiger partial charge in [0.2, 0.25) is 0 Å². The Morgan fingerprint density at radius 1 is 0.917 bits per heavy atom. The Bertz CT molecular complexity index is 374. The molecule has 140 valence electrons. The van der Waals surface area contributed by atoms with Gasteiger partial charge in [-0.3, -0.25) is 4.79 Å². The van der Waals surface area contributed by atoms with Crippen molar-refractivity contribution in [1.29, 1.82) is 0 Å². The van der Waals surface area contributed by atoms with E-state index in [-0.39, 0.29) is 5.57 Å². The summed E-state index contributed by atoms with van der Waals surface area (Å²) >= 11 is 0. The van der Waals surface area contributed by atoms with Crippen LogP contribution in [0.3, 0.4) is 0 Å². The van der Waals surface area contributed by atoms with Gasteiger partial charge in [-0.2, -0.15) is 0 Å². The van der Waals surface area contributed by atoms with Gasteiger partial charge in [-0.15, -0.1) is 0 Å². The summed E-state index contributed by atoms with van der Waals surface area (Å²) < 4.78 is 4.62. The van der Waals surface area contributed by atoms with Gasteiger partial charge in [-0.25, -0.2) is 4.79 Å². The lowest BCUT2D eigenvalue weighted by Crippen LogP contribution is -2.25. The van der Waals surface area contributed by atoms with Crippen LogP contribution in [0.4, 0.5) is 0 Å². The first-order valence-corrected chi connectivity index (χ1v) is 9.51. The number of carbonyl (C=O) groups is 2. The highest BCUT2D eigenvalue weighted by Crippen LogP contribution is 2.14. The number of hydrogen-bond acceptors (Lipinski definition) is 4. The monoisotopic (exact) mass is 340 g/mol. The van der Waals surface area contributed by atoms with E-state index >= 15 is 0 Å². The molecule has 1 atom stereocenters. The average molecular weight is 341 g/mol. The normalized spacial score (nSPS) is 12.9. The number of hydrogen-bond donors (Lipinski definition) is 1. The maximum absolute atomic E-state index is 11.6. The highest BCUT2D eigenvalue weighted by atomic mass is 16.5. The number of allylic oxidation sites excluding steroid dienone is 1. The Hall–Kier alpha value is -1.16. The van der Waals surface area contributed by atoms with E-state index in [0.29, 0.717) is 6.42 Å². The second-order valence-corrected chi connectivity index (χ2v) is 6.49. The highest BCUT2D eigenvalue weighted by Gasteiger charge is 2.22. The molecule has 0 aromatic rings. The van der Waals surface area contributed by atoms with Crippen molar-refractivity contribution < 1.29 is 19.4 Å². The third-order valence-electron chi connectivity index (χ3n) is 4.27. The zero-order chi connectivity index (χ0) is 18.2. The number of carbonyl (C=O) groups excluding carboxylic acids is 2. The Kier molecular flexibility index (Phi) is 14.6. The van der Waals surface area contributed by atoms with Crippen LogP contribution in [-0.4, -0.2) is 30.1 Å². The fourth-order valence-electron chi connectivity index (χ4n) is 2.71. The number of aliphatic hydroxyl groups excluding tert-OH is 1. The highest BCUT2D eigenvalue weighted by molar-refractivity contribution is 5.98. The first kappa shape index (κ1) is 22.8. The summed E-state index contributed by atoms with van der Waals surface area (Å²) in [6.07, 6.45) is 14.9. The van der Waals surface area contributed by atoms with Crippen molar-refractivity contribution in [3.05, 3.63) is 11.6 Å². The van der Waals surface area contributed by atoms with Crippen LogP contribution in [0.2, 0.25) is 0 Å². The van der Waals surface area contributed by atoms with Gasteiger partial charge >= 0.3 is 5.97 Å². The van der Waals surface area contributed by atoms with E-state index in [2.05, 4.69) is 11.7 Å². The second kappa shape index (κ2) is 15.4. The van der Waals surface area contributed by atoms with E-state index in [4.69, 9.17) is 0 Å². The molecule has 4 nitrogen and oxygen atoms in total. The summed E-state index contributed by atoms with van der Waals surface area (Å²) in [6.45, 7) is 3.51. The average Bonchev–Trinajstić information content (AvgIpc) is 2.57. The molecule has 0 aliphatic carbocycles. The summed E-state index contributed by atoms with van der Waals surface area (Å²) in [7, 11) is 1.26. The van der Waals surface area contributed by atoms with Crippen molar-refractivity contribution in [3.63, 3.8) is 0 Å². The number of ketones is 1. The van der Waals surface area contributed by atoms with Crippen LogP contribution in [0, 0.1) is 0 Å². The van der Waals surface area contributed by atoms with Crippen LogP contribution in [0.15, 0.2) is 11.6 Å². The van der Waals surface area contributed by atoms with Crippen molar-refractivity contribution in [2.75, 3.05) is 7.11 Å². The van der Waals surface area contributed by atoms with Crippen molar-refractivity contribution in [1.82, 2.24) is 0 Å². The SMILES string of the molecule is CCCCCCCCCCCCC/C=C(\C(=O)OC)C(O)C(C)=O. The lowest BCUT2D eigenvalue weighted by Gasteiger charge is -2.10. The van der Waals surface area contributed by atoms with Crippen molar-refractivity contribution >= 4 is 11.8 Å². The van der Waals surface area contributed by atoms with Crippen molar-refractivity contribution in [2.45, 2.75) is 97.0 Å². The molecular weight excluding hydrogens is 304 g/mol. The maximum Gasteiger partial charge on any atom is 0.336 e. The summed E-state index contributed by atoms with van der Waals surface area (Å²) in [5.74, 6) is -1.06. The summed E-state index contributed by atoms with van der Waals surface area (Å²) in [5, 5.41) is 9.75.